The molecule has 0 spiro atoms. The van der Waals surface area contributed by atoms with Gasteiger partial charge in [0.15, 0.2) is 10.8 Å². The Morgan fingerprint density at radius 3 is 1.38 bits per heavy atom. The highest BCUT2D eigenvalue weighted by atomic mass is 14.7. The minimum atomic E-state index is -1.52. The van der Waals surface area contributed by atoms with E-state index < -0.39 is 10.8 Å². The van der Waals surface area contributed by atoms with Crippen LogP contribution in [0.4, 0.5) is 0 Å². The molecule has 2 atom stereocenters. The molecule has 2 rings (SSSR count). The first-order chi connectivity index (χ1) is 7.63. The number of rotatable bonds is 0. The molecule has 0 heterocycles. The van der Waals surface area contributed by atoms with Gasteiger partial charge in [0.2, 0.25) is 0 Å². The summed E-state index contributed by atoms with van der Waals surface area (Å²) in [5.74, 6) is -0.628. The molecule has 2 aliphatic carbocycles. The first kappa shape index (κ1) is 10.2. The molecule has 4 heteroatoms. The molecular weight excluding hydrogens is 200 g/mol. The summed E-state index contributed by atoms with van der Waals surface area (Å²) in [4.78, 5) is 0. The summed E-state index contributed by atoms with van der Waals surface area (Å²) in [5, 5.41) is 37.0. The Balaban J connectivity index is 2.78. The lowest BCUT2D eigenvalue weighted by Crippen LogP contribution is -2.41. The second kappa shape index (κ2) is 2.85. The van der Waals surface area contributed by atoms with Crippen molar-refractivity contribution in [1.82, 2.24) is 0 Å². The van der Waals surface area contributed by atoms with Crippen molar-refractivity contribution >= 4 is 0 Å². The first-order valence-corrected chi connectivity index (χ1v) is 4.97. The van der Waals surface area contributed by atoms with E-state index in [1.165, 1.54) is 0 Å². The number of fused-ring (bicyclic) bond motifs is 2. The van der Waals surface area contributed by atoms with Crippen LogP contribution < -0.4 is 0 Å². The van der Waals surface area contributed by atoms with Crippen LogP contribution in [-0.2, 0) is 0 Å². The van der Waals surface area contributed by atoms with E-state index in [-0.39, 0.29) is 17.8 Å². The highest BCUT2D eigenvalue weighted by Crippen LogP contribution is 2.65. The fraction of sp³-hybridized carbons (Fsp3) is 0.500. The van der Waals surface area contributed by atoms with Crippen molar-refractivity contribution in [2.24, 2.45) is 28.6 Å². The normalized spacial score (nSPS) is 35.7. The van der Waals surface area contributed by atoms with Gasteiger partial charge < -0.3 is 0 Å². The van der Waals surface area contributed by atoms with Crippen molar-refractivity contribution < 1.29 is 0 Å². The lowest BCUT2D eigenvalue weighted by atomic mass is 9.61. The Bertz CT molecular complexity index is 455. The molecule has 0 saturated heterocycles. The van der Waals surface area contributed by atoms with Gasteiger partial charge in [0, 0.05) is 11.8 Å². The van der Waals surface area contributed by atoms with Crippen molar-refractivity contribution in [3.63, 3.8) is 0 Å². The summed E-state index contributed by atoms with van der Waals surface area (Å²) in [6.07, 6.45) is 3.60. The van der Waals surface area contributed by atoms with Gasteiger partial charge in [0.1, 0.15) is 0 Å². The molecule has 2 aliphatic rings. The van der Waals surface area contributed by atoms with Crippen molar-refractivity contribution in [2.75, 3.05) is 0 Å². The average Bonchev–Trinajstić information content (AvgIpc) is 2.79. The maximum atomic E-state index is 9.25. The van der Waals surface area contributed by atoms with E-state index >= 15 is 0 Å². The summed E-state index contributed by atoms with van der Waals surface area (Å²) < 4.78 is 0. The van der Waals surface area contributed by atoms with Crippen LogP contribution in [-0.4, -0.2) is 0 Å². The van der Waals surface area contributed by atoms with Crippen LogP contribution in [0.5, 0.6) is 0 Å². The van der Waals surface area contributed by atoms with Crippen molar-refractivity contribution in [3.05, 3.63) is 12.2 Å². The molecule has 1 fully saturated rings. The molecule has 0 radical (unpaired) electrons. The molecule has 0 aromatic rings. The third-order valence-electron chi connectivity index (χ3n) is 3.99. The Kier molecular flexibility index (Phi) is 1.82. The molecular formula is C12H8N4. The summed E-state index contributed by atoms with van der Waals surface area (Å²) >= 11 is 0. The van der Waals surface area contributed by atoms with Crippen LogP contribution in [0.15, 0.2) is 12.2 Å². The zero-order valence-electron chi connectivity index (χ0n) is 8.68. The van der Waals surface area contributed by atoms with Crippen LogP contribution in [0.3, 0.4) is 0 Å². The van der Waals surface area contributed by atoms with Crippen LogP contribution in [0.1, 0.15) is 6.92 Å². The van der Waals surface area contributed by atoms with E-state index in [9.17, 15) is 21.0 Å². The Labute approximate surface area is 93.6 Å². The zero-order valence-corrected chi connectivity index (χ0v) is 8.68. The van der Waals surface area contributed by atoms with E-state index in [0.717, 1.165) is 0 Å². The summed E-state index contributed by atoms with van der Waals surface area (Å²) in [6, 6.07) is 7.70. The van der Waals surface area contributed by atoms with E-state index in [1.807, 2.05) is 31.2 Å². The molecule has 2 bridgehead atoms. The number of allylic oxidation sites excluding steroid dienone is 2. The zero-order chi connectivity index (χ0) is 12.0. The number of hydrogen-bond donors (Lipinski definition) is 0. The van der Waals surface area contributed by atoms with Crippen LogP contribution >= 0.6 is 0 Å². The Morgan fingerprint density at radius 1 is 0.812 bits per heavy atom. The number of nitriles is 4. The minimum absolute atomic E-state index is 0.00130. The standard InChI is InChI=1S/C12H8N4/c1-8-9-2-3-10(8)12(6-15,7-16)11(9,4-13)5-14/h2-3,8-10H,1H3. The maximum Gasteiger partial charge on any atom is 0.182 e. The molecule has 0 aromatic carbocycles. The SMILES string of the molecule is CC1C2C=CC1C(C#N)(C#N)C2(C#N)C#N. The average molecular weight is 208 g/mol. The first-order valence-electron chi connectivity index (χ1n) is 4.97. The summed E-state index contributed by atoms with van der Waals surface area (Å²) in [7, 11) is 0. The van der Waals surface area contributed by atoms with Crippen LogP contribution in [0, 0.1) is 73.9 Å². The quantitative estimate of drug-likeness (QED) is 0.563. The Hall–Kier alpha value is -2.30. The largest absolute Gasteiger partial charge is 0.196 e. The van der Waals surface area contributed by atoms with Gasteiger partial charge in [-0.3, -0.25) is 0 Å². The van der Waals surface area contributed by atoms with E-state index in [1.54, 1.807) is 12.2 Å². The van der Waals surface area contributed by atoms with Crippen LogP contribution in [0.2, 0.25) is 0 Å². The highest BCUT2D eigenvalue weighted by molar-refractivity contribution is 5.47. The molecule has 1 saturated carbocycles. The van der Waals surface area contributed by atoms with Crippen LogP contribution in [0.25, 0.3) is 0 Å². The van der Waals surface area contributed by atoms with Crippen molar-refractivity contribution in [3.8, 4) is 24.3 Å². The molecule has 76 valence electrons. The lowest BCUT2D eigenvalue weighted by Gasteiger charge is -2.31. The fourth-order valence-corrected chi connectivity index (χ4v) is 3.12. The van der Waals surface area contributed by atoms with Crippen molar-refractivity contribution in [1.29, 1.82) is 21.0 Å². The van der Waals surface area contributed by atoms with Gasteiger partial charge in [-0.25, -0.2) is 0 Å². The minimum Gasteiger partial charge on any atom is -0.196 e. The van der Waals surface area contributed by atoms with E-state index in [4.69, 9.17) is 0 Å². The number of hydrogen-bond acceptors (Lipinski definition) is 4. The topological polar surface area (TPSA) is 95.2 Å². The molecule has 16 heavy (non-hydrogen) atoms. The van der Waals surface area contributed by atoms with E-state index in [2.05, 4.69) is 0 Å². The Morgan fingerprint density at radius 2 is 1.12 bits per heavy atom. The summed E-state index contributed by atoms with van der Waals surface area (Å²) in [5.41, 5.74) is -3.04. The predicted molar refractivity (Wildman–Crippen MR) is 52.6 cm³/mol. The third-order valence-corrected chi connectivity index (χ3v) is 3.99. The van der Waals surface area contributed by atoms with Gasteiger partial charge in [-0.1, -0.05) is 19.1 Å². The second-order valence-corrected chi connectivity index (χ2v) is 4.36. The maximum absolute atomic E-state index is 9.25. The highest BCUT2D eigenvalue weighted by Gasteiger charge is 2.72. The van der Waals surface area contributed by atoms with Gasteiger partial charge in [-0.2, -0.15) is 21.0 Å². The molecule has 0 amide bonds. The van der Waals surface area contributed by atoms with Crippen molar-refractivity contribution in [2.45, 2.75) is 6.92 Å². The molecule has 0 N–H and O–H groups in total. The van der Waals surface area contributed by atoms with Gasteiger partial charge >= 0.3 is 0 Å². The monoisotopic (exact) mass is 208 g/mol. The van der Waals surface area contributed by atoms with Gasteiger partial charge in [0.05, 0.1) is 24.3 Å². The fourth-order valence-electron chi connectivity index (χ4n) is 3.12. The third kappa shape index (κ3) is 0.701. The molecule has 0 aliphatic heterocycles. The second-order valence-electron chi connectivity index (χ2n) is 4.36. The summed E-state index contributed by atoms with van der Waals surface area (Å²) in [6.45, 7) is 1.88. The molecule has 0 aromatic heterocycles. The molecule has 2 unspecified atom stereocenters. The number of nitrogens with zero attached hydrogens (tertiary/aromatic N) is 4. The van der Waals surface area contributed by atoms with E-state index in [0.29, 0.717) is 0 Å². The lowest BCUT2D eigenvalue weighted by molar-refractivity contribution is 0.276. The van der Waals surface area contributed by atoms with Gasteiger partial charge in [-0.05, 0) is 5.92 Å². The predicted octanol–water partition coefficient (Wildman–Crippen LogP) is 1.51. The van der Waals surface area contributed by atoms with Gasteiger partial charge in [0.25, 0.3) is 0 Å². The smallest absolute Gasteiger partial charge is 0.182 e. The molecule has 4 nitrogen and oxygen atoms in total. The van der Waals surface area contributed by atoms with Gasteiger partial charge in [-0.15, -0.1) is 0 Å².